The van der Waals surface area contributed by atoms with Crippen molar-refractivity contribution in [3.05, 3.63) is 42.2 Å². The van der Waals surface area contributed by atoms with Gasteiger partial charge in [0.25, 0.3) is 6.36 Å². The van der Waals surface area contributed by atoms with Gasteiger partial charge < -0.3 is 9.47 Å². The molecule has 1 aliphatic heterocycles. The number of morpholine rings is 1. The second kappa shape index (κ2) is 9.15. The van der Waals surface area contributed by atoms with E-state index in [0.717, 1.165) is 6.07 Å². The highest BCUT2D eigenvalue weighted by atomic mass is 32.2. The number of nitrogens with one attached hydrogen (secondary N) is 1. The zero-order valence-corrected chi connectivity index (χ0v) is 18.2. The lowest BCUT2D eigenvalue weighted by molar-refractivity contribution is -0.0681. The first-order valence-corrected chi connectivity index (χ1v) is 11.3. The highest BCUT2D eigenvalue weighted by Gasteiger charge is 2.27. The first-order chi connectivity index (χ1) is 15.7. The number of ether oxygens (including phenoxy) is 2. The zero-order chi connectivity index (χ0) is 23.8. The van der Waals surface area contributed by atoms with Gasteiger partial charge in [0.15, 0.2) is 17.4 Å². The molecule has 0 spiro atoms. The molecule has 1 aromatic heterocycles. The van der Waals surface area contributed by atoms with Crippen LogP contribution in [0.3, 0.4) is 0 Å². The number of anilines is 1. The van der Waals surface area contributed by atoms with E-state index in [1.54, 1.807) is 19.2 Å². The standard InChI is InChI=1S/C20H20F4N4O4S/c1-27-16-11-12(13-3-2-4-15(21)17(13)32-19(24)18(22)23)5-6-14(16)20(25-27)26-33(29,30)28-7-9-31-10-8-28/h2-6,11,18-19H,7-10H2,1H3,(H,25,26). The minimum Gasteiger partial charge on any atom is -0.451 e. The van der Waals surface area contributed by atoms with Gasteiger partial charge in [-0.1, -0.05) is 18.2 Å². The number of halogens is 4. The van der Waals surface area contributed by atoms with Crippen LogP contribution in [0, 0.1) is 5.82 Å². The van der Waals surface area contributed by atoms with E-state index in [2.05, 4.69) is 14.6 Å². The molecule has 33 heavy (non-hydrogen) atoms. The maximum Gasteiger partial charge on any atom is 0.304 e. The van der Waals surface area contributed by atoms with Crippen LogP contribution in [-0.4, -0.2) is 61.6 Å². The molecule has 1 fully saturated rings. The minimum absolute atomic E-state index is 0.0526. The molecule has 0 saturated carbocycles. The lowest BCUT2D eigenvalue weighted by atomic mass is 10.0. The van der Waals surface area contributed by atoms with Crippen LogP contribution in [0.4, 0.5) is 23.4 Å². The second-order valence-corrected chi connectivity index (χ2v) is 8.91. The number of alkyl halides is 3. The molecule has 0 radical (unpaired) electrons. The number of hydrogen-bond acceptors (Lipinski definition) is 5. The summed E-state index contributed by atoms with van der Waals surface area (Å²) in [7, 11) is -2.29. The highest BCUT2D eigenvalue weighted by molar-refractivity contribution is 7.90. The quantitative estimate of drug-likeness (QED) is 0.516. The average Bonchev–Trinajstić information content (AvgIpc) is 3.09. The molecule has 1 aliphatic rings. The fraction of sp³-hybridized carbons (Fsp3) is 0.350. The summed E-state index contributed by atoms with van der Waals surface area (Å²) in [6.07, 6.45) is -6.44. The van der Waals surface area contributed by atoms with Crippen molar-refractivity contribution in [1.29, 1.82) is 0 Å². The molecule has 1 N–H and O–H groups in total. The summed E-state index contributed by atoms with van der Waals surface area (Å²) in [5.41, 5.74) is 0.856. The normalized spacial score (nSPS) is 16.3. The summed E-state index contributed by atoms with van der Waals surface area (Å²) in [5, 5.41) is 4.67. The van der Waals surface area contributed by atoms with Crippen molar-refractivity contribution in [2.75, 3.05) is 31.0 Å². The van der Waals surface area contributed by atoms with Gasteiger partial charge in [-0.15, -0.1) is 0 Å². The van der Waals surface area contributed by atoms with Crippen molar-refractivity contribution >= 4 is 26.9 Å². The number of aromatic nitrogens is 2. The van der Waals surface area contributed by atoms with Gasteiger partial charge in [0.05, 0.1) is 18.7 Å². The number of hydrogen-bond donors (Lipinski definition) is 1. The van der Waals surface area contributed by atoms with E-state index in [1.807, 2.05) is 0 Å². The van der Waals surface area contributed by atoms with E-state index in [-0.39, 0.29) is 37.7 Å². The van der Waals surface area contributed by atoms with Gasteiger partial charge in [-0.25, -0.2) is 13.2 Å². The Morgan fingerprint density at radius 3 is 2.58 bits per heavy atom. The van der Waals surface area contributed by atoms with Crippen molar-refractivity contribution in [3.63, 3.8) is 0 Å². The van der Waals surface area contributed by atoms with E-state index < -0.39 is 34.6 Å². The monoisotopic (exact) mass is 488 g/mol. The van der Waals surface area contributed by atoms with E-state index in [0.29, 0.717) is 16.5 Å². The van der Waals surface area contributed by atoms with E-state index >= 15 is 0 Å². The molecular formula is C20H20F4N4O4S. The van der Waals surface area contributed by atoms with Gasteiger partial charge in [0.2, 0.25) is 0 Å². The Kier molecular flexibility index (Phi) is 6.45. The Morgan fingerprint density at radius 1 is 1.15 bits per heavy atom. The largest absolute Gasteiger partial charge is 0.451 e. The summed E-state index contributed by atoms with van der Waals surface area (Å²) in [6, 6.07) is 8.31. The van der Waals surface area contributed by atoms with Crippen LogP contribution in [0.2, 0.25) is 0 Å². The SMILES string of the molecule is Cn1nc(NS(=O)(=O)N2CCOCC2)c2ccc(-c3cccc(F)c3OC(F)C(F)F)cc21. The number of aryl methyl sites for hydroxylation is 1. The molecule has 178 valence electrons. The lowest BCUT2D eigenvalue weighted by Gasteiger charge is -2.25. The summed E-state index contributed by atoms with van der Waals surface area (Å²) in [5.74, 6) is -1.57. The van der Waals surface area contributed by atoms with Crippen molar-refractivity contribution in [2.45, 2.75) is 12.8 Å². The molecule has 13 heteroatoms. The lowest BCUT2D eigenvalue weighted by Crippen LogP contribution is -2.43. The van der Waals surface area contributed by atoms with Crippen LogP contribution in [0.1, 0.15) is 0 Å². The molecule has 1 atom stereocenters. The fourth-order valence-corrected chi connectivity index (χ4v) is 4.65. The molecule has 0 aliphatic carbocycles. The molecular weight excluding hydrogens is 468 g/mol. The molecule has 2 aromatic carbocycles. The summed E-state index contributed by atoms with van der Waals surface area (Å²) in [6.45, 7) is 0.995. The molecule has 3 aromatic rings. The number of benzene rings is 2. The number of nitrogens with zero attached hydrogens (tertiary/aromatic N) is 3. The molecule has 0 amide bonds. The third-order valence-corrected chi connectivity index (χ3v) is 6.59. The average molecular weight is 488 g/mol. The summed E-state index contributed by atoms with van der Waals surface area (Å²) in [4.78, 5) is 0. The minimum atomic E-state index is -3.87. The number of fused-ring (bicyclic) bond motifs is 1. The maximum atomic E-state index is 14.3. The van der Waals surface area contributed by atoms with Crippen molar-refractivity contribution in [2.24, 2.45) is 7.05 Å². The second-order valence-electron chi connectivity index (χ2n) is 7.24. The Labute approximate surface area is 186 Å². The first-order valence-electron chi connectivity index (χ1n) is 9.87. The Balaban J connectivity index is 1.70. The molecule has 1 saturated heterocycles. The van der Waals surface area contributed by atoms with Crippen LogP contribution in [-0.2, 0) is 22.0 Å². The van der Waals surface area contributed by atoms with Gasteiger partial charge >= 0.3 is 16.6 Å². The first kappa shape index (κ1) is 23.3. The Morgan fingerprint density at radius 2 is 1.88 bits per heavy atom. The number of para-hydroxylation sites is 1. The van der Waals surface area contributed by atoms with Gasteiger partial charge in [-0.3, -0.25) is 9.40 Å². The smallest absolute Gasteiger partial charge is 0.304 e. The van der Waals surface area contributed by atoms with Gasteiger partial charge in [0, 0.05) is 31.1 Å². The predicted octanol–water partition coefficient (Wildman–Crippen LogP) is 3.31. The highest BCUT2D eigenvalue weighted by Crippen LogP contribution is 2.36. The zero-order valence-electron chi connectivity index (χ0n) is 17.3. The predicted molar refractivity (Wildman–Crippen MR) is 113 cm³/mol. The van der Waals surface area contributed by atoms with Crippen molar-refractivity contribution in [1.82, 2.24) is 14.1 Å². The van der Waals surface area contributed by atoms with Crippen LogP contribution >= 0.6 is 0 Å². The van der Waals surface area contributed by atoms with Gasteiger partial charge in [0.1, 0.15) is 0 Å². The topological polar surface area (TPSA) is 85.7 Å². The Bertz CT molecular complexity index is 1260. The molecule has 0 bridgehead atoms. The Hall–Kier alpha value is -2.90. The maximum absolute atomic E-state index is 14.3. The molecule has 8 nitrogen and oxygen atoms in total. The van der Waals surface area contributed by atoms with Gasteiger partial charge in [-0.05, 0) is 23.8 Å². The number of rotatable bonds is 7. The van der Waals surface area contributed by atoms with Crippen LogP contribution < -0.4 is 9.46 Å². The van der Waals surface area contributed by atoms with Gasteiger partial charge in [-0.2, -0.15) is 22.2 Å². The third kappa shape index (κ3) is 4.75. The van der Waals surface area contributed by atoms with Crippen LogP contribution in [0.15, 0.2) is 36.4 Å². The fourth-order valence-electron chi connectivity index (χ4n) is 3.49. The summed E-state index contributed by atoms with van der Waals surface area (Å²) >= 11 is 0. The van der Waals surface area contributed by atoms with E-state index in [9.17, 15) is 26.0 Å². The third-order valence-electron chi connectivity index (χ3n) is 5.09. The van der Waals surface area contributed by atoms with Crippen LogP contribution in [0.5, 0.6) is 5.75 Å². The van der Waals surface area contributed by atoms with E-state index in [1.165, 1.54) is 27.2 Å². The van der Waals surface area contributed by atoms with Crippen molar-refractivity contribution in [3.8, 4) is 16.9 Å². The molecule has 1 unspecified atom stereocenters. The molecule has 4 rings (SSSR count). The van der Waals surface area contributed by atoms with E-state index in [4.69, 9.17) is 4.74 Å². The summed E-state index contributed by atoms with van der Waals surface area (Å²) < 4.78 is 93.2. The van der Waals surface area contributed by atoms with Crippen molar-refractivity contribution < 1.29 is 35.5 Å². The molecule has 2 heterocycles. The van der Waals surface area contributed by atoms with Crippen LogP contribution in [0.25, 0.3) is 22.0 Å².